The average Bonchev–Trinajstić information content (AvgIpc) is 2.60. The van der Waals surface area contributed by atoms with Crippen LogP contribution in [0.4, 0.5) is 5.00 Å². The number of hydrogen-bond donors (Lipinski definition) is 3. The maximum Gasteiger partial charge on any atom is 0.251 e. The smallest absolute Gasteiger partial charge is 0.251 e. The van der Waals surface area contributed by atoms with Gasteiger partial charge in [0.15, 0.2) is 5.11 Å². The Morgan fingerprint density at radius 1 is 1.17 bits per heavy atom. The van der Waals surface area contributed by atoms with Crippen LogP contribution < -0.4 is 16.4 Å². The molecule has 1 aromatic rings. The lowest BCUT2D eigenvalue weighted by molar-refractivity contribution is -0.126. The zero-order chi connectivity index (χ0) is 17.2. The minimum Gasteiger partial charge on any atom is -0.365 e. The van der Waals surface area contributed by atoms with Crippen molar-refractivity contribution in [1.29, 1.82) is 0 Å². The summed E-state index contributed by atoms with van der Waals surface area (Å²) < 4.78 is 0. The van der Waals surface area contributed by atoms with Crippen molar-refractivity contribution in [3.63, 3.8) is 0 Å². The molecule has 0 saturated heterocycles. The SMILES string of the molecule is CC(C)(C)C(=O)NC(=S)Nc1sc2c(c1C(N)=O)CCCCC2. The van der Waals surface area contributed by atoms with E-state index in [1.165, 1.54) is 22.6 Å². The fourth-order valence-corrected chi connectivity index (χ4v) is 4.07. The van der Waals surface area contributed by atoms with Gasteiger partial charge in [-0.1, -0.05) is 27.2 Å². The summed E-state index contributed by atoms with van der Waals surface area (Å²) in [6, 6.07) is 0. The number of anilines is 1. The molecule has 0 atom stereocenters. The molecule has 0 bridgehead atoms. The van der Waals surface area contributed by atoms with Crippen LogP contribution in [0.5, 0.6) is 0 Å². The molecule has 0 spiro atoms. The normalized spacial score (nSPS) is 14.6. The van der Waals surface area contributed by atoms with E-state index in [1.54, 1.807) is 0 Å². The van der Waals surface area contributed by atoms with Crippen molar-refractivity contribution >= 4 is 45.5 Å². The molecule has 4 N–H and O–H groups in total. The second kappa shape index (κ2) is 6.97. The molecule has 23 heavy (non-hydrogen) atoms. The van der Waals surface area contributed by atoms with Crippen LogP contribution in [0.25, 0.3) is 0 Å². The Balaban J connectivity index is 2.21. The maximum atomic E-state index is 12.0. The Morgan fingerprint density at radius 2 is 1.83 bits per heavy atom. The van der Waals surface area contributed by atoms with E-state index < -0.39 is 11.3 Å². The fourth-order valence-electron chi connectivity index (χ4n) is 2.52. The van der Waals surface area contributed by atoms with E-state index in [0.717, 1.165) is 31.2 Å². The van der Waals surface area contributed by atoms with E-state index >= 15 is 0 Å². The fraction of sp³-hybridized carbons (Fsp3) is 0.562. The molecule has 0 aromatic carbocycles. The molecule has 2 rings (SSSR count). The summed E-state index contributed by atoms with van der Waals surface area (Å²) in [5.74, 6) is -0.620. The minimum atomic E-state index is -0.537. The predicted molar refractivity (Wildman–Crippen MR) is 97.9 cm³/mol. The Morgan fingerprint density at radius 3 is 2.43 bits per heavy atom. The lowest BCUT2D eigenvalue weighted by atomic mass is 9.96. The first kappa shape index (κ1) is 17.9. The molecule has 1 aliphatic rings. The molecule has 5 nitrogen and oxygen atoms in total. The third-order valence-electron chi connectivity index (χ3n) is 3.80. The van der Waals surface area contributed by atoms with Crippen LogP contribution in [0.15, 0.2) is 0 Å². The van der Waals surface area contributed by atoms with Crippen LogP contribution >= 0.6 is 23.6 Å². The summed E-state index contributed by atoms with van der Waals surface area (Å²) in [7, 11) is 0. The molecular weight excluding hydrogens is 330 g/mol. The summed E-state index contributed by atoms with van der Waals surface area (Å²) in [5.41, 5.74) is 6.62. The number of primary amides is 1. The topological polar surface area (TPSA) is 84.2 Å². The van der Waals surface area contributed by atoms with Crippen molar-refractivity contribution in [2.24, 2.45) is 11.1 Å². The Labute approximate surface area is 146 Å². The summed E-state index contributed by atoms with van der Waals surface area (Å²) in [6.45, 7) is 5.44. The third-order valence-corrected chi connectivity index (χ3v) is 5.21. The summed E-state index contributed by atoms with van der Waals surface area (Å²) >= 11 is 6.72. The summed E-state index contributed by atoms with van der Waals surface area (Å²) in [6.07, 6.45) is 5.18. The van der Waals surface area contributed by atoms with Crippen molar-refractivity contribution in [3.8, 4) is 0 Å². The van der Waals surface area contributed by atoms with E-state index in [4.69, 9.17) is 18.0 Å². The molecule has 1 aromatic heterocycles. The molecule has 0 aliphatic heterocycles. The quantitative estimate of drug-likeness (QED) is 0.564. The second-order valence-electron chi connectivity index (χ2n) is 6.79. The number of thiophene rings is 1. The van der Waals surface area contributed by atoms with Crippen molar-refractivity contribution in [2.45, 2.75) is 52.9 Å². The van der Waals surface area contributed by atoms with Crippen molar-refractivity contribution in [1.82, 2.24) is 5.32 Å². The van der Waals surface area contributed by atoms with Gasteiger partial charge in [0.25, 0.3) is 5.91 Å². The number of nitrogens with two attached hydrogens (primary N) is 1. The average molecular weight is 354 g/mol. The van der Waals surface area contributed by atoms with Gasteiger partial charge >= 0.3 is 0 Å². The van der Waals surface area contributed by atoms with Gasteiger partial charge in [-0.3, -0.25) is 9.59 Å². The standard InChI is InChI=1S/C16H23N3O2S2/c1-16(2,3)14(21)19-15(22)18-13-11(12(17)20)9-7-5-4-6-8-10(9)23-13/h4-8H2,1-3H3,(H2,17,20)(H2,18,19,21,22). The molecule has 0 unspecified atom stereocenters. The number of nitrogens with one attached hydrogen (secondary N) is 2. The molecule has 0 saturated carbocycles. The Kier molecular flexibility index (Phi) is 5.41. The lowest BCUT2D eigenvalue weighted by Gasteiger charge is -2.18. The van der Waals surface area contributed by atoms with E-state index in [1.807, 2.05) is 20.8 Å². The molecule has 0 radical (unpaired) electrons. The van der Waals surface area contributed by atoms with Gasteiger partial charge in [0, 0.05) is 10.3 Å². The highest BCUT2D eigenvalue weighted by molar-refractivity contribution is 7.80. The van der Waals surface area contributed by atoms with Crippen LogP contribution in [-0.4, -0.2) is 16.9 Å². The van der Waals surface area contributed by atoms with E-state index in [-0.39, 0.29) is 11.0 Å². The zero-order valence-corrected chi connectivity index (χ0v) is 15.4. The predicted octanol–water partition coefficient (Wildman–Crippen LogP) is 2.98. The monoisotopic (exact) mass is 353 g/mol. The number of carbonyl (C=O) groups is 2. The van der Waals surface area contributed by atoms with Crippen molar-refractivity contribution in [3.05, 3.63) is 16.0 Å². The van der Waals surface area contributed by atoms with Gasteiger partial charge in [-0.25, -0.2) is 0 Å². The third kappa shape index (κ3) is 4.29. The maximum absolute atomic E-state index is 12.0. The molecule has 0 fully saturated rings. The number of amides is 2. The highest BCUT2D eigenvalue weighted by atomic mass is 32.1. The first-order chi connectivity index (χ1) is 10.7. The van der Waals surface area contributed by atoms with Gasteiger partial charge in [-0.15, -0.1) is 11.3 Å². The number of thiocarbonyl (C=S) groups is 1. The summed E-state index contributed by atoms with van der Waals surface area (Å²) in [5, 5.41) is 6.49. The highest BCUT2D eigenvalue weighted by Gasteiger charge is 2.25. The van der Waals surface area contributed by atoms with Gasteiger partial charge in [0.05, 0.1) is 5.56 Å². The Bertz CT molecular complexity index is 644. The van der Waals surface area contributed by atoms with Gasteiger partial charge in [-0.05, 0) is 43.5 Å². The van der Waals surface area contributed by atoms with Crippen LogP contribution in [0.2, 0.25) is 0 Å². The number of fused-ring (bicyclic) bond motifs is 1. The lowest BCUT2D eigenvalue weighted by Crippen LogP contribution is -2.41. The largest absolute Gasteiger partial charge is 0.365 e. The first-order valence-electron chi connectivity index (χ1n) is 7.77. The number of hydrogen-bond acceptors (Lipinski definition) is 4. The molecular formula is C16H23N3O2S2. The van der Waals surface area contributed by atoms with E-state index in [0.29, 0.717) is 10.6 Å². The van der Waals surface area contributed by atoms with Gasteiger partial charge in [-0.2, -0.15) is 0 Å². The number of aryl methyl sites for hydroxylation is 1. The molecule has 1 aliphatic carbocycles. The first-order valence-corrected chi connectivity index (χ1v) is 8.99. The van der Waals surface area contributed by atoms with Gasteiger partial charge in [0.1, 0.15) is 5.00 Å². The van der Waals surface area contributed by atoms with Gasteiger partial charge < -0.3 is 16.4 Å². The van der Waals surface area contributed by atoms with E-state index in [2.05, 4.69) is 10.6 Å². The minimum absolute atomic E-state index is 0.172. The van der Waals surface area contributed by atoms with Crippen molar-refractivity contribution in [2.75, 3.05) is 5.32 Å². The summed E-state index contributed by atoms with van der Waals surface area (Å²) in [4.78, 5) is 25.1. The van der Waals surface area contributed by atoms with Crippen molar-refractivity contribution < 1.29 is 9.59 Å². The highest BCUT2D eigenvalue weighted by Crippen LogP contribution is 2.37. The molecule has 1 heterocycles. The number of carbonyl (C=O) groups excluding carboxylic acids is 2. The van der Waals surface area contributed by atoms with Crippen LogP contribution in [0.1, 0.15) is 60.8 Å². The zero-order valence-electron chi connectivity index (χ0n) is 13.7. The van der Waals surface area contributed by atoms with Crippen LogP contribution in [-0.2, 0) is 17.6 Å². The molecule has 126 valence electrons. The van der Waals surface area contributed by atoms with Crippen LogP contribution in [0, 0.1) is 5.41 Å². The van der Waals surface area contributed by atoms with Crippen LogP contribution in [0.3, 0.4) is 0 Å². The Hall–Kier alpha value is -1.47. The van der Waals surface area contributed by atoms with Gasteiger partial charge in [0.2, 0.25) is 5.91 Å². The molecule has 7 heteroatoms. The van der Waals surface area contributed by atoms with E-state index in [9.17, 15) is 9.59 Å². The molecule has 2 amide bonds. The second-order valence-corrected chi connectivity index (χ2v) is 8.30. The number of rotatable bonds is 2.